The number of amides is 1. The zero-order valence-corrected chi connectivity index (χ0v) is 16.8. The second-order valence-electron chi connectivity index (χ2n) is 7.64. The van der Waals surface area contributed by atoms with Crippen molar-refractivity contribution in [3.05, 3.63) is 42.0 Å². The summed E-state index contributed by atoms with van der Waals surface area (Å²) < 4.78 is 16.5. The topological polar surface area (TPSA) is 77.0 Å². The number of nitrogens with zero attached hydrogens (tertiary/aromatic N) is 4. The van der Waals surface area contributed by atoms with Crippen molar-refractivity contribution >= 4 is 11.9 Å². The highest BCUT2D eigenvalue weighted by molar-refractivity contribution is 5.79. The third-order valence-corrected chi connectivity index (χ3v) is 5.43. The Bertz CT molecular complexity index is 841. The molecule has 1 amide bonds. The SMILES string of the molecule is COc1cc(OC)nc(N2CCOC[C@]3(CC(=O)N(Cc4ccccc4)C3)C2)n1. The molecule has 0 N–H and O–H groups in total. The van der Waals surface area contributed by atoms with E-state index in [0.717, 1.165) is 5.56 Å². The van der Waals surface area contributed by atoms with Crippen molar-refractivity contribution in [1.82, 2.24) is 14.9 Å². The second kappa shape index (κ2) is 8.24. The van der Waals surface area contributed by atoms with Crippen LogP contribution in [-0.2, 0) is 16.1 Å². The minimum Gasteiger partial charge on any atom is -0.481 e. The summed E-state index contributed by atoms with van der Waals surface area (Å²) in [6.07, 6.45) is 0.456. The third-order valence-electron chi connectivity index (χ3n) is 5.43. The van der Waals surface area contributed by atoms with Crippen LogP contribution in [-0.4, -0.2) is 67.8 Å². The van der Waals surface area contributed by atoms with E-state index < -0.39 is 0 Å². The van der Waals surface area contributed by atoms with Crippen molar-refractivity contribution < 1.29 is 19.0 Å². The third kappa shape index (κ3) is 4.27. The molecule has 0 aliphatic carbocycles. The van der Waals surface area contributed by atoms with Gasteiger partial charge >= 0.3 is 0 Å². The molecule has 1 spiro atoms. The molecule has 2 aromatic rings. The summed E-state index contributed by atoms with van der Waals surface area (Å²) in [5.74, 6) is 1.57. The summed E-state index contributed by atoms with van der Waals surface area (Å²) in [6.45, 7) is 3.65. The second-order valence-corrected chi connectivity index (χ2v) is 7.64. The molecule has 2 fully saturated rings. The van der Waals surface area contributed by atoms with Crippen LogP contribution in [0.2, 0.25) is 0 Å². The van der Waals surface area contributed by atoms with Crippen LogP contribution < -0.4 is 14.4 Å². The average molecular weight is 398 g/mol. The predicted octanol–water partition coefficient (Wildman–Crippen LogP) is 1.75. The van der Waals surface area contributed by atoms with Gasteiger partial charge in [-0.1, -0.05) is 30.3 Å². The van der Waals surface area contributed by atoms with Crippen LogP contribution in [0.3, 0.4) is 0 Å². The van der Waals surface area contributed by atoms with Crippen LogP contribution in [0.15, 0.2) is 36.4 Å². The summed E-state index contributed by atoms with van der Waals surface area (Å²) in [5, 5.41) is 0. The Morgan fingerprint density at radius 2 is 1.83 bits per heavy atom. The van der Waals surface area contributed by atoms with Crippen LogP contribution in [0.4, 0.5) is 5.95 Å². The Kier molecular flexibility index (Phi) is 5.53. The van der Waals surface area contributed by atoms with E-state index in [0.29, 0.717) is 63.5 Å². The van der Waals surface area contributed by atoms with Gasteiger partial charge in [0.15, 0.2) is 0 Å². The standard InChI is InChI=1S/C21H26N4O4/c1-27-17-10-18(28-2)23-20(22-17)24-8-9-29-15-21(13-24)11-19(26)25(14-21)12-16-6-4-3-5-7-16/h3-7,10H,8-9,11-15H2,1-2H3/t21-/m1/s1. The maximum atomic E-state index is 12.8. The van der Waals surface area contributed by atoms with Crippen molar-refractivity contribution in [2.45, 2.75) is 13.0 Å². The van der Waals surface area contributed by atoms with Crippen molar-refractivity contribution in [2.24, 2.45) is 5.41 Å². The van der Waals surface area contributed by atoms with Crippen molar-refractivity contribution in [3.8, 4) is 11.8 Å². The van der Waals surface area contributed by atoms with Gasteiger partial charge in [0, 0.05) is 38.0 Å². The van der Waals surface area contributed by atoms with Crippen molar-refractivity contribution in [3.63, 3.8) is 0 Å². The van der Waals surface area contributed by atoms with Gasteiger partial charge < -0.3 is 24.0 Å². The fourth-order valence-electron chi connectivity index (χ4n) is 4.04. The number of aromatic nitrogens is 2. The van der Waals surface area contributed by atoms with Gasteiger partial charge in [0.05, 0.1) is 33.5 Å². The normalized spacial score (nSPS) is 22.1. The Balaban J connectivity index is 1.55. The van der Waals surface area contributed by atoms with Gasteiger partial charge in [-0.2, -0.15) is 9.97 Å². The molecule has 29 heavy (non-hydrogen) atoms. The average Bonchev–Trinajstić information content (AvgIpc) is 2.91. The highest BCUT2D eigenvalue weighted by atomic mass is 16.5. The first-order valence-corrected chi connectivity index (χ1v) is 9.72. The lowest BCUT2D eigenvalue weighted by Gasteiger charge is -2.31. The molecule has 8 nitrogen and oxygen atoms in total. The highest BCUT2D eigenvalue weighted by Crippen LogP contribution is 2.36. The number of methoxy groups -OCH3 is 2. The summed E-state index contributed by atoms with van der Waals surface area (Å²) in [7, 11) is 3.13. The summed E-state index contributed by atoms with van der Waals surface area (Å²) in [6, 6.07) is 11.7. The Morgan fingerprint density at radius 3 is 2.52 bits per heavy atom. The summed E-state index contributed by atoms with van der Waals surface area (Å²) in [5.41, 5.74) is 0.840. The number of likely N-dealkylation sites (tertiary alicyclic amines) is 1. The van der Waals surface area contributed by atoms with Crippen LogP contribution in [0.25, 0.3) is 0 Å². The van der Waals surface area contributed by atoms with Crippen molar-refractivity contribution in [2.75, 3.05) is 52.0 Å². The number of ether oxygens (including phenoxy) is 3. The van der Waals surface area contributed by atoms with E-state index in [9.17, 15) is 4.79 Å². The van der Waals surface area contributed by atoms with Gasteiger partial charge in [0.2, 0.25) is 23.6 Å². The summed E-state index contributed by atoms with van der Waals surface area (Å²) >= 11 is 0. The van der Waals surface area contributed by atoms with E-state index in [1.54, 1.807) is 20.3 Å². The molecule has 154 valence electrons. The first-order chi connectivity index (χ1) is 14.1. The number of hydrogen-bond donors (Lipinski definition) is 0. The van der Waals surface area contributed by atoms with E-state index in [1.165, 1.54) is 0 Å². The lowest BCUT2D eigenvalue weighted by molar-refractivity contribution is -0.128. The molecule has 0 bridgehead atoms. The Hall–Kier alpha value is -2.87. The molecule has 1 aromatic heterocycles. The largest absolute Gasteiger partial charge is 0.481 e. The fourth-order valence-corrected chi connectivity index (χ4v) is 4.04. The number of rotatable bonds is 5. The zero-order valence-electron chi connectivity index (χ0n) is 16.8. The molecule has 2 aliphatic rings. The van der Waals surface area contributed by atoms with Gasteiger partial charge in [0.25, 0.3) is 0 Å². The number of hydrogen-bond acceptors (Lipinski definition) is 7. The first kappa shape index (κ1) is 19.4. The van der Waals surface area contributed by atoms with Gasteiger partial charge in [-0.25, -0.2) is 0 Å². The molecule has 0 saturated carbocycles. The van der Waals surface area contributed by atoms with Crippen LogP contribution >= 0.6 is 0 Å². The van der Waals surface area contributed by atoms with Gasteiger partial charge in [-0.15, -0.1) is 0 Å². The molecule has 8 heteroatoms. The number of anilines is 1. The van der Waals surface area contributed by atoms with E-state index in [2.05, 4.69) is 14.9 Å². The molecule has 1 aromatic carbocycles. The Labute approximate surface area is 170 Å². The lowest BCUT2D eigenvalue weighted by Crippen LogP contribution is -2.41. The van der Waals surface area contributed by atoms with E-state index in [-0.39, 0.29) is 11.3 Å². The fraction of sp³-hybridized carbons (Fsp3) is 0.476. The van der Waals surface area contributed by atoms with E-state index in [4.69, 9.17) is 14.2 Å². The monoisotopic (exact) mass is 398 g/mol. The van der Waals surface area contributed by atoms with Crippen LogP contribution in [0, 0.1) is 5.41 Å². The van der Waals surface area contributed by atoms with Crippen LogP contribution in [0.5, 0.6) is 11.8 Å². The first-order valence-electron chi connectivity index (χ1n) is 9.72. The minimum atomic E-state index is -0.290. The summed E-state index contributed by atoms with van der Waals surface area (Å²) in [4.78, 5) is 25.7. The molecule has 4 rings (SSSR count). The van der Waals surface area contributed by atoms with Gasteiger partial charge in [-0.3, -0.25) is 4.79 Å². The smallest absolute Gasteiger partial charge is 0.232 e. The van der Waals surface area contributed by atoms with E-state index in [1.807, 2.05) is 35.2 Å². The van der Waals surface area contributed by atoms with Gasteiger partial charge in [0.1, 0.15) is 0 Å². The molecular formula is C21H26N4O4. The molecular weight excluding hydrogens is 372 g/mol. The minimum absolute atomic E-state index is 0.156. The lowest BCUT2D eigenvalue weighted by atomic mass is 9.87. The molecule has 3 heterocycles. The van der Waals surface area contributed by atoms with E-state index >= 15 is 0 Å². The predicted molar refractivity (Wildman–Crippen MR) is 107 cm³/mol. The van der Waals surface area contributed by atoms with Crippen LogP contribution in [0.1, 0.15) is 12.0 Å². The maximum Gasteiger partial charge on any atom is 0.232 e. The van der Waals surface area contributed by atoms with Gasteiger partial charge in [-0.05, 0) is 5.56 Å². The number of carbonyl (C=O) groups is 1. The molecule has 0 radical (unpaired) electrons. The highest BCUT2D eigenvalue weighted by Gasteiger charge is 2.46. The molecule has 1 atom stereocenters. The Morgan fingerprint density at radius 1 is 1.10 bits per heavy atom. The zero-order chi connectivity index (χ0) is 20.3. The molecule has 0 unspecified atom stereocenters. The maximum absolute atomic E-state index is 12.8. The quantitative estimate of drug-likeness (QED) is 0.759. The molecule has 2 saturated heterocycles. The molecule has 2 aliphatic heterocycles. The van der Waals surface area contributed by atoms with Crippen molar-refractivity contribution in [1.29, 1.82) is 0 Å². The number of benzene rings is 1. The number of carbonyl (C=O) groups excluding carboxylic acids is 1.